The summed E-state index contributed by atoms with van der Waals surface area (Å²) in [6.45, 7) is 5.91. The highest BCUT2D eigenvalue weighted by Gasteiger charge is 2.22. The third-order valence-corrected chi connectivity index (χ3v) is 4.78. The van der Waals surface area contributed by atoms with Crippen LogP contribution in [0.25, 0.3) is 10.8 Å². The van der Waals surface area contributed by atoms with Crippen LogP contribution in [0.2, 0.25) is 0 Å². The molecule has 1 heterocycles. The van der Waals surface area contributed by atoms with Crippen molar-refractivity contribution in [3.05, 3.63) is 71.8 Å². The summed E-state index contributed by atoms with van der Waals surface area (Å²) < 4.78 is 14.6. The fourth-order valence-electron chi connectivity index (χ4n) is 2.86. The van der Waals surface area contributed by atoms with Gasteiger partial charge >= 0.3 is 0 Å². The number of carbonyl (C=O) groups is 1. The van der Waals surface area contributed by atoms with E-state index in [0.29, 0.717) is 10.8 Å². The number of aryl methyl sites for hydroxylation is 1. The number of nitrogens with zero attached hydrogens (tertiary/aromatic N) is 1. The lowest BCUT2D eigenvalue weighted by Crippen LogP contribution is -2.25. The molecule has 128 valence electrons. The van der Waals surface area contributed by atoms with Crippen LogP contribution in [0.15, 0.2) is 54.9 Å². The molecule has 0 bridgehead atoms. The fourth-order valence-corrected chi connectivity index (χ4v) is 2.86. The van der Waals surface area contributed by atoms with Gasteiger partial charge in [0.2, 0.25) is 5.91 Å². The van der Waals surface area contributed by atoms with Crippen molar-refractivity contribution in [2.24, 2.45) is 5.92 Å². The number of fused-ring (bicyclic) bond motifs is 1. The van der Waals surface area contributed by atoms with Crippen molar-refractivity contribution in [3.8, 4) is 0 Å². The predicted octanol–water partition coefficient (Wildman–Crippen LogP) is 5.06. The smallest absolute Gasteiger partial charge is 0.227 e. The van der Waals surface area contributed by atoms with Crippen LogP contribution in [0.3, 0.4) is 0 Å². The monoisotopic (exact) mass is 336 g/mol. The van der Waals surface area contributed by atoms with Crippen LogP contribution in [-0.2, 0) is 4.79 Å². The van der Waals surface area contributed by atoms with E-state index in [9.17, 15) is 9.18 Å². The Kier molecular flexibility index (Phi) is 4.79. The van der Waals surface area contributed by atoms with Gasteiger partial charge in [-0.15, -0.1) is 0 Å². The third kappa shape index (κ3) is 3.53. The van der Waals surface area contributed by atoms with Gasteiger partial charge in [-0.25, -0.2) is 4.39 Å². The van der Waals surface area contributed by atoms with E-state index in [4.69, 9.17) is 0 Å². The Labute approximate surface area is 146 Å². The zero-order valence-corrected chi connectivity index (χ0v) is 14.6. The van der Waals surface area contributed by atoms with Crippen molar-refractivity contribution >= 4 is 22.4 Å². The minimum Gasteiger partial charge on any atom is -0.323 e. The van der Waals surface area contributed by atoms with E-state index in [1.807, 2.05) is 45.0 Å². The summed E-state index contributed by atoms with van der Waals surface area (Å²) in [5.74, 6) is -0.868. The molecule has 1 N–H and O–H groups in total. The summed E-state index contributed by atoms with van der Waals surface area (Å²) in [5, 5.41) is 3.89. The Morgan fingerprint density at radius 2 is 1.80 bits per heavy atom. The van der Waals surface area contributed by atoms with Crippen LogP contribution in [0.4, 0.5) is 10.1 Å². The lowest BCUT2D eigenvalue weighted by Gasteiger charge is -2.20. The van der Waals surface area contributed by atoms with Gasteiger partial charge in [0, 0.05) is 29.1 Å². The van der Waals surface area contributed by atoms with Gasteiger partial charge in [0.1, 0.15) is 0 Å². The minimum atomic E-state index is -0.427. The number of rotatable bonds is 4. The Bertz CT molecular complexity index is 905. The summed E-state index contributed by atoms with van der Waals surface area (Å²) in [6.07, 6.45) is 3.14. The molecule has 0 radical (unpaired) electrons. The van der Waals surface area contributed by atoms with E-state index in [2.05, 4.69) is 10.3 Å². The Morgan fingerprint density at radius 3 is 2.52 bits per heavy atom. The molecule has 1 aromatic heterocycles. The number of amides is 1. The highest BCUT2D eigenvalue weighted by molar-refractivity contribution is 5.96. The largest absolute Gasteiger partial charge is 0.323 e. The second-order valence-corrected chi connectivity index (χ2v) is 6.50. The van der Waals surface area contributed by atoms with E-state index in [0.717, 1.165) is 5.56 Å². The molecule has 0 aliphatic carbocycles. The van der Waals surface area contributed by atoms with Crippen molar-refractivity contribution in [3.63, 3.8) is 0 Å². The third-order valence-electron chi connectivity index (χ3n) is 4.78. The highest BCUT2D eigenvalue weighted by atomic mass is 19.1. The summed E-state index contributed by atoms with van der Waals surface area (Å²) in [5.41, 5.74) is 2.48. The molecule has 3 nitrogen and oxygen atoms in total. The summed E-state index contributed by atoms with van der Waals surface area (Å²) in [6, 6.07) is 13.1. The second kappa shape index (κ2) is 7.01. The lowest BCUT2D eigenvalue weighted by atomic mass is 9.88. The molecular formula is C21H21FN2O. The zero-order valence-electron chi connectivity index (χ0n) is 14.6. The van der Waals surface area contributed by atoms with Gasteiger partial charge in [0.05, 0.1) is 5.69 Å². The molecular weight excluding hydrogens is 315 g/mol. The van der Waals surface area contributed by atoms with Crippen molar-refractivity contribution < 1.29 is 9.18 Å². The highest BCUT2D eigenvalue weighted by Crippen LogP contribution is 2.28. The SMILES string of the molecule is Cc1ccc([C@H](C)[C@@H](C)C(=O)Nc2ccc3cnccc3c2F)cc1. The second-order valence-electron chi connectivity index (χ2n) is 6.50. The van der Waals surface area contributed by atoms with Crippen LogP contribution >= 0.6 is 0 Å². The van der Waals surface area contributed by atoms with Gasteiger partial charge in [-0.3, -0.25) is 9.78 Å². The van der Waals surface area contributed by atoms with Crippen LogP contribution in [0.5, 0.6) is 0 Å². The first-order valence-electron chi connectivity index (χ1n) is 8.37. The van der Waals surface area contributed by atoms with Gasteiger partial charge in [-0.05, 0) is 30.5 Å². The van der Waals surface area contributed by atoms with Gasteiger partial charge in [0.25, 0.3) is 0 Å². The summed E-state index contributed by atoms with van der Waals surface area (Å²) in [4.78, 5) is 16.6. The topological polar surface area (TPSA) is 42.0 Å². The number of nitrogens with one attached hydrogen (secondary N) is 1. The van der Waals surface area contributed by atoms with Crippen molar-refractivity contribution in [2.45, 2.75) is 26.7 Å². The Morgan fingerprint density at radius 1 is 1.08 bits per heavy atom. The van der Waals surface area contributed by atoms with Crippen LogP contribution < -0.4 is 5.32 Å². The quantitative estimate of drug-likeness (QED) is 0.723. The predicted molar refractivity (Wildman–Crippen MR) is 99.1 cm³/mol. The van der Waals surface area contributed by atoms with Crippen molar-refractivity contribution in [2.75, 3.05) is 5.32 Å². The first-order valence-corrected chi connectivity index (χ1v) is 8.37. The number of aromatic nitrogens is 1. The summed E-state index contributed by atoms with van der Waals surface area (Å²) in [7, 11) is 0. The van der Waals surface area contributed by atoms with Crippen LogP contribution in [0, 0.1) is 18.7 Å². The molecule has 3 rings (SSSR count). The lowest BCUT2D eigenvalue weighted by molar-refractivity contribution is -0.119. The number of hydrogen-bond acceptors (Lipinski definition) is 2. The molecule has 2 atom stereocenters. The fraction of sp³-hybridized carbons (Fsp3) is 0.238. The number of anilines is 1. The zero-order chi connectivity index (χ0) is 18.0. The molecule has 0 saturated carbocycles. The maximum atomic E-state index is 14.6. The van der Waals surface area contributed by atoms with Crippen molar-refractivity contribution in [1.82, 2.24) is 4.98 Å². The number of carbonyl (C=O) groups excluding carboxylic acids is 1. The van der Waals surface area contributed by atoms with E-state index in [1.165, 1.54) is 5.56 Å². The molecule has 4 heteroatoms. The Hall–Kier alpha value is -2.75. The van der Waals surface area contributed by atoms with Gasteiger partial charge in [0.15, 0.2) is 5.82 Å². The molecule has 3 aromatic rings. The standard InChI is InChI=1S/C21H21FN2O/c1-13-4-6-16(7-5-13)14(2)15(3)21(25)24-19-9-8-17-12-23-11-10-18(17)20(19)22/h4-12,14-15H,1-3H3,(H,24,25)/t14-,15-/m1/s1. The maximum Gasteiger partial charge on any atom is 0.227 e. The first kappa shape index (κ1) is 17.1. The van der Waals surface area contributed by atoms with Gasteiger partial charge < -0.3 is 5.32 Å². The minimum absolute atomic E-state index is 0.0355. The molecule has 1 amide bonds. The van der Waals surface area contributed by atoms with E-state index in [1.54, 1.807) is 30.6 Å². The Balaban J connectivity index is 1.79. The molecule has 0 aliphatic rings. The average molecular weight is 336 g/mol. The van der Waals surface area contributed by atoms with E-state index in [-0.39, 0.29) is 23.4 Å². The molecule has 0 saturated heterocycles. The molecule has 2 aromatic carbocycles. The normalized spacial score (nSPS) is 13.4. The van der Waals surface area contributed by atoms with Crippen LogP contribution in [-0.4, -0.2) is 10.9 Å². The van der Waals surface area contributed by atoms with E-state index < -0.39 is 5.82 Å². The number of halogens is 1. The summed E-state index contributed by atoms with van der Waals surface area (Å²) >= 11 is 0. The van der Waals surface area contributed by atoms with E-state index >= 15 is 0 Å². The number of hydrogen-bond donors (Lipinski definition) is 1. The van der Waals surface area contributed by atoms with Gasteiger partial charge in [-0.2, -0.15) is 0 Å². The molecule has 25 heavy (non-hydrogen) atoms. The maximum absolute atomic E-state index is 14.6. The number of pyridine rings is 1. The number of benzene rings is 2. The molecule has 0 aliphatic heterocycles. The molecule has 0 fully saturated rings. The molecule has 0 spiro atoms. The molecule has 0 unspecified atom stereocenters. The average Bonchev–Trinajstić information content (AvgIpc) is 2.63. The van der Waals surface area contributed by atoms with Gasteiger partial charge in [-0.1, -0.05) is 49.7 Å². The first-order chi connectivity index (χ1) is 12.0. The van der Waals surface area contributed by atoms with Crippen LogP contribution in [0.1, 0.15) is 30.9 Å². The van der Waals surface area contributed by atoms with Crippen molar-refractivity contribution in [1.29, 1.82) is 0 Å².